The Balaban J connectivity index is 2.16. The molecule has 6 nitrogen and oxygen atoms in total. The van der Waals surface area contributed by atoms with E-state index in [0.29, 0.717) is 17.7 Å². The fourth-order valence-electron chi connectivity index (χ4n) is 2.42. The lowest BCUT2D eigenvalue weighted by atomic mass is 10.0. The molecule has 0 spiro atoms. The third-order valence-electron chi connectivity index (χ3n) is 3.67. The first kappa shape index (κ1) is 18.3. The Labute approximate surface area is 145 Å². The number of thioether (sulfide) groups is 1. The van der Waals surface area contributed by atoms with E-state index in [4.69, 9.17) is 4.74 Å². The average Bonchev–Trinajstić information content (AvgIpc) is 2.53. The summed E-state index contributed by atoms with van der Waals surface area (Å²) in [4.78, 5) is 37.0. The normalized spacial score (nSPS) is 17.7. The standard InChI is InChI=1S/C17H22N2O4S/c1-9(2)7-13(17(22)23-4)19-16(21)11-5-6-14-12(8-11)18-15(20)10(3)24-14/h5-6,8-10,13H,7H2,1-4H3,(H,18,20)(H,19,21)/t10-,13+/m0/s1. The van der Waals surface area contributed by atoms with Crippen molar-refractivity contribution < 1.29 is 19.1 Å². The van der Waals surface area contributed by atoms with Gasteiger partial charge in [-0.2, -0.15) is 0 Å². The van der Waals surface area contributed by atoms with Crippen LogP contribution in [-0.4, -0.2) is 36.2 Å². The Morgan fingerprint density at radius 1 is 1.38 bits per heavy atom. The number of esters is 1. The number of methoxy groups -OCH3 is 1. The monoisotopic (exact) mass is 350 g/mol. The van der Waals surface area contributed by atoms with Crippen LogP contribution in [-0.2, 0) is 14.3 Å². The molecule has 2 rings (SSSR count). The van der Waals surface area contributed by atoms with Crippen molar-refractivity contribution in [2.24, 2.45) is 5.92 Å². The van der Waals surface area contributed by atoms with Crippen LogP contribution in [0.15, 0.2) is 23.1 Å². The van der Waals surface area contributed by atoms with Crippen LogP contribution >= 0.6 is 11.8 Å². The molecule has 0 aliphatic carbocycles. The summed E-state index contributed by atoms with van der Waals surface area (Å²) in [6.07, 6.45) is 0.494. The fraction of sp³-hybridized carbons (Fsp3) is 0.471. The summed E-state index contributed by atoms with van der Waals surface area (Å²) >= 11 is 1.45. The van der Waals surface area contributed by atoms with Gasteiger partial charge in [0.25, 0.3) is 5.91 Å². The third-order valence-corrected chi connectivity index (χ3v) is 4.85. The quantitative estimate of drug-likeness (QED) is 0.797. The van der Waals surface area contributed by atoms with E-state index >= 15 is 0 Å². The van der Waals surface area contributed by atoms with E-state index in [1.165, 1.54) is 18.9 Å². The molecule has 1 aromatic carbocycles. The number of carbonyl (C=O) groups excluding carboxylic acids is 3. The molecule has 1 aromatic rings. The van der Waals surface area contributed by atoms with Gasteiger partial charge >= 0.3 is 5.97 Å². The molecule has 0 radical (unpaired) electrons. The Morgan fingerprint density at radius 3 is 2.71 bits per heavy atom. The molecule has 0 bridgehead atoms. The lowest BCUT2D eigenvalue weighted by Crippen LogP contribution is -2.42. The molecule has 0 unspecified atom stereocenters. The van der Waals surface area contributed by atoms with Crippen molar-refractivity contribution in [1.82, 2.24) is 5.32 Å². The number of benzene rings is 1. The van der Waals surface area contributed by atoms with E-state index in [2.05, 4.69) is 10.6 Å². The lowest BCUT2D eigenvalue weighted by Gasteiger charge is -2.22. The predicted molar refractivity (Wildman–Crippen MR) is 93.1 cm³/mol. The van der Waals surface area contributed by atoms with Crippen molar-refractivity contribution in [1.29, 1.82) is 0 Å². The Morgan fingerprint density at radius 2 is 2.08 bits per heavy atom. The molecule has 1 aliphatic rings. The first-order valence-corrected chi connectivity index (χ1v) is 8.70. The van der Waals surface area contributed by atoms with Gasteiger partial charge in [0.05, 0.1) is 18.0 Å². The smallest absolute Gasteiger partial charge is 0.328 e. The highest BCUT2D eigenvalue weighted by atomic mass is 32.2. The van der Waals surface area contributed by atoms with E-state index in [-0.39, 0.29) is 23.0 Å². The summed E-state index contributed by atoms with van der Waals surface area (Å²) in [6.45, 7) is 5.76. The molecule has 0 fully saturated rings. The first-order chi connectivity index (χ1) is 11.3. The zero-order valence-electron chi connectivity index (χ0n) is 14.2. The minimum absolute atomic E-state index is 0.0858. The molecule has 0 saturated carbocycles. The van der Waals surface area contributed by atoms with Crippen molar-refractivity contribution in [2.75, 3.05) is 12.4 Å². The van der Waals surface area contributed by atoms with Crippen LogP contribution in [0.3, 0.4) is 0 Å². The van der Waals surface area contributed by atoms with Gasteiger partial charge in [-0.1, -0.05) is 13.8 Å². The van der Waals surface area contributed by atoms with Gasteiger partial charge in [-0.05, 0) is 37.5 Å². The molecular weight excluding hydrogens is 328 g/mol. The molecule has 130 valence electrons. The molecule has 2 N–H and O–H groups in total. The molecule has 2 atom stereocenters. The van der Waals surface area contributed by atoms with Crippen LogP contribution in [0.2, 0.25) is 0 Å². The van der Waals surface area contributed by atoms with Crippen molar-refractivity contribution in [3.05, 3.63) is 23.8 Å². The molecule has 7 heteroatoms. The number of ether oxygens (including phenoxy) is 1. The van der Waals surface area contributed by atoms with Gasteiger partial charge in [0, 0.05) is 10.5 Å². The molecule has 1 heterocycles. The summed E-state index contributed by atoms with van der Waals surface area (Å²) in [5.41, 5.74) is 1.01. The highest BCUT2D eigenvalue weighted by molar-refractivity contribution is 8.00. The Hall–Kier alpha value is -2.02. The minimum atomic E-state index is -0.692. The minimum Gasteiger partial charge on any atom is -0.467 e. The summed E-state index contributed by atoms with van der Waals surface area (Å²) in [6, 6.07) is 4.43. The maximum Gasteiger partial charge on any atom is 0.328 e. The zero-order chi connectivity index (χ0) is 17.9. The number of rotatable bonds is 5. The second-order valence-electron chi connectivity index (χ2n) is 6.14. The van der Waals surface area contributed by atoms with E-state index < -0.39 is 12.0 Å². The van der Waals surface area contributed by atoms with Crippen LogP contribution < -0.4 is 10.6 Å². The topological polar surface area (TPSA) is 84.5 Å². The SMILES string of the molecule is COC(=O)[C@@H](CC(C)C)NC(=O)c1ccc2c(c1)NC(=O)[C@H](C)S2. The van der Waals surface area contributed by atoms with Crippen LogP contribution in [0.5, 0.6) is 0 Å². The number of anilines is 1. The highest BCUT2D eigenvalue weighted by Gasteiger charge is 2.26. The molecule has 1 aliphatic heterocycles. The number of hydrogen-bond donors (Lipinski definition) is 2. The van der Waals surface area contributed by atoms with Crippen LogP contribution in [0.25, 0.3) is 0 Å². The van der Waals surface area contributed by atoms with Gasteiger partial charge < -0.3 is 15.4 Å². The van der Waals surface area contributed by atoms with Crippen molar-refractivity contribution in [2.45, 2.75) is 43.4 Å². The second kappa shape index (κ2) is 7.70. The van der Waals surface area contributed by atoms with Crippen LogP contribution in [0, 0.1) is 5.92 Å². The summed E-state index contributed by atoms with van der Waals surface area (Å²) < 4.78 is 4.75. The molecular formula is C17H22N2O4S. The number of nitrogens with one attached hydrogen (secondary N) is 2. The van der Waals surface area contributed by atoms with Crippen molar-refractivity contribution >= 4 is 35.2 Å². The van der Waals surface area contributed by atoms with Gasteiger partial charge in [-0.25, -0.2) is 4.79 Å². The summed E-state index contributed by atoms with van der Waals surface area (Å²) in [5, 5.41) is 5.34. The average molecular weight is 350 g/mol. The van der Waals surface area contributed by atoms with Crippen LogP contribution in [0.4, 0.5) is 5.69 Å². The van der Waals surface area contributed by atoms with Gasteiger partial charge in [0.2, 0.25) is 5.91 Å². The van der Waals surface area contributed by atoms with Crippen molar-refractivity contribution in [3.63, 3.8) is 0 Å². The van der Waals surface area contributed by atoms with E-state index in [9.17, 15) is 14.4 Å². The number of amides is 2. The van der Waals surface area contributed by atoms with Crippen molar-refractivity contribution in [3.8, 4) is 0 Å². The van der Waals surface area contributed by atoms with Gasteiger partial charge in [0.15, 0.2) is 0 Å². The van der Waals surface area contributed by atoms with Crippen LogP contribution in [0.1, 0.15) is 37.6 Å². The first-order valence-electron chi connectivity index (χ1n) is 7.82. The number of hydrogen-bond acceptors (Lipinski definition) is 5. The number of carbonyl (C=O) groups is 3. The molecule has 2 amide bonds. The van der Waals surface area contributed by atoms with E-state index in [1.54, 1.807) is 18.2 Å². The predicted octanol–water partition coefficient (Wildman–Crippen LogP) is 2.44. The maximum absolute atomic E-state index is 12.5. The van der Waals surface area contributed by atoms with Gasteiger partial charge in [-0.3, -0.25) is 9.59 Å². The maximum atomic E-state index is 12.5. The van der Waals surface area contributed by atoms with Gasteiger partial charge in [0.1, 0.15) is 6.04 Å². The summed E-state index contributed by atoms with van der Waals surface area (Å²) in [7, 11) is 1.30. The molecule has 0 saturated heterocycles. The molecule has 24 heavy (non-hydrogen) atoms. The van der Waals surface area contributed by atoms with Gasteiger partial charge in [-0.15, -0.1) is 11.8 Å². The second-order valence-corrected chi connectivity index (χ2v) is 7.52. The Bertz CT molecular complexity index is 660. The lowest BCUT2D eigenvalue weighted by molar-refractivity contribution is -0.143. The third kappa shape index (κ3) is 4.29. The summed E-state index contributed by atoms with van der Waals surface area (Å²) in [5.74, 6) is -0.688. The van der Waals surface area contributed by atoms with E-state index in [0.717, 1.165) is 4.90 Å². The fourth-order valence-corrected chi connectivity index (χ4v) is 3.35. The molecule has 0 aromatic heterocycles. The number of fused-ring (bicyclic) bond motifs is 1. The van der Waals surface area contributed by atoms with E-state index in [1.807, 2.05) is 20.8 Å². The highest BCUT2D eigenvalue weighted by Crippen LogP contribution is 2.35. The Kier molecular flexibility index (Phi) is 5.88. The zero-order valence-corrected chi connectivity index (χ0v) is 15.0. The largest absolute Gasteiger partial charge is 0.467 e.